The first-order chi connectivity index (χ1) is 9.54. The maximum atomic E-state index is 11.9. The van der Waals surface area contributed by atoms with Gasteiger partial charge in [0, 0.05) is 11.4 Å². The number of nitrogens with one attached hydrogen (secondary N) is 1. The normalized spacial score (nSPS) is 10.6. The molecule has 0 atom stereocenters. The second kappa shape index (κ2) is 6.19. The number of anilines is 2. The summed E-state index contributed by atoms with van der Waals surface area (Å²) in [4.78, 5) is 16.0. The molecular formula is C16H19N3O. The van der Waals surface area contributed by atoms with Gasteiger partial charge in [-0.1, -0.05) is 26.0 Å². The highest BCUT2D eigenvalue weighted by Crippen LogP contribution is 2.17. The van der Waals surface area contributed by atoms with E-state index in [0.717, 1.165) is 5.69 Å². The molecule has 4 nitrogen and oxygen atoms in total. The zero-order chi connectivity index (χ0) is 14.5. The van der Waals surface area contributed by atoms with Gasteiger partial charge in [-0.3, -0.25) is 9.78 Å². The lowest BCUT2D eigenvalue weighted by molar-refractivity contribution is -0.115. The summed E-state index contributed by atoms with van der Waals surface area (Å²) in [5, 5.41) is 2.86. The van der Waals surface area contributed by atoms with Crippen LogP contribution < -0.4 is 11.1 Å². The van der Waals surface area contributed by atoms with Gasteiger partial charge in [-0.25, -0.2) is 0 Å². The molecule has 2 rings (SSSR count). The summed E-state index contributed by atoms with van der Waals surface area (Å²) in [6.45, 7) is 4.28. The zero-order valence-corrected chi connectivity index (χ0v) is 11.8. The Morgan fingerprint density at radius 2 is 1.90 bits per heavy atom. The molecule has 0 aliphatic rings. The van der Waals surface area contributed by atoms with Crippen LogP contribution in [0.5, 0.6) is 0 Å². The highest BCUT2D eigenvalue weighted by Gasteiger charge is 2.06. The number of nitrogens with two attached hydrogens (primary N) is 1. The fourth-order valence-corrected chi connectivity index (χ4v) is 1.86. The second-order valence-corrected chi connectivity index (χ2v) is 5.08. The number of amides is 1. The molecule has 1 heterocycles. The van der Waals surface area contributed by atoms with Crippen LogP contribution in [0.4, 0.5) is 11.4 Å². The third-order valence-electron chi connectivity index (χ3n) is 3.05. The van der Waals surface area contributed by atoms with Crippen LogP contribution in [0.1, 0.15) is 31.0 Å². The maximum absolute atomic E-state index is 11.9. The van der Waals surface area contributed by atoms with Gasteiger partial charge in [0.25, 0.3) is 0 Å². The van der Waals surface area contributed by atoms with Gasteiger partial charge in [-0.15, -0.1) is 0 Å². The van der Waals surface area contributed by atoms with E-state index >= 15 is 0 Å². The van der Waals surface area contributed by atoms with Crippen LogP contribution in [0, 0.1) is 0 Å². The van der Waals surface area contributed by atoms with Crippen LogP contribution in [-0.2, 0) is 11.2 Å². The zero-order valence-electron chi connectivity index (χ0n) is 11.8. The molecule has 0 unspecified atom stereocenters. The Morgan fingerprint density at radius 1 is 1.20 bits per heavy atom. The Balaban J connectivity index is 1.95. The molecule has 104 valence electrons. The van der Waals surface area contributed by atoms with E-state index in [9.17, 15) is 4.79 Å². The van der Waals surface area contributed by atoms with Crippen molar-refractivity contribution in [2.45, 2.75) is 26.2 Å². The highest BCUT2D eigenvalue weighted by molar-refractivity contribution is 5.92. The molecule has 2 aromatic rings. The van der Waals surface area contributed by atoms with Gasteiger partial charge in [0.05, 0.1) is 18.3 Å². The van der Waals surface area contributed by atoms with E-state index < -0.39 is 0 Å². The number of nitrogen functional groups attached to an aromatic ring is 1. The molecule has 0 aliphatic heterocycles. The first-order valence-electron chi connectivity index (χ1n) is 6.65. The van der Waals surface area contributed by atoms with Crippen LogP contribution in [0.15, 0.2) is 42.6 Å². The lowest BCUT2D eigenvalue weighted by atomic mass is 10.0. The number of carbonyl (C=O) groups is 1. The molecule has 0 fully saturated rings. The smallest absolute Gasteiger partial charge is 0.230 e. The van der Waals surface area contributed by atoms with E-state index in [0.29, 0.717) is 17.3 Å². The standard InChI is InChI=1S/C16H19N3O/c1-11(2)12-3-6-14(7-4-12)19-16(20)9-15-8-5-13(17)10-18-15/h3-8,10-11H,9,17H2,1-2H3,(H,19,20). The van der Waals surface area contributed by atoms with Gasteiger partial charge < -0.3 is 11.1 Å². The van der Waals surface area contributed by atoms with Crippen molar-refractivity contribution in [3.63, 3.8) is 0 Å². The van der Waals surface area contributed by atoms with Crippen molar-refractivity contribution in [1.29, 1.82) is 0 Å². The summed E-state index contributed by atoms with van der Waals surface area (Å²) < 4.78 is 0. The van der Waals surface area contributed by atoms with E-state index in [1.54, 1.807) is 18.3 Å². The number of hydrogen-bond donors (Lipinski definition) is 2. The Bertz CT molecular complexity index is 574. The molecule has 0 radical (unpaired) electrons. The van der Waals surface area contributed by atoms with Crippen molar-refractivity contribution < 1.29 is 4.79 Å². The van der Waals surface area contributed by atoms with Crippen molar-refractivity contribution in [3.8, 4) is 0 Å². The fraction of sp³-hybridized carbons (Fsp3) is 0.250. The molecule has 0 saturated heterocycles. The first kappa shape index (κ1) is 14.1. The van der Waals surface area contributed by atoms with Crippen molar-refractivity contribution in [2.75, 3.05) is 11.1 Å². The van der Waals surface area contributed by atoms with Gasteiger partial charge in [0.15, 0.2) is 0 Å². The molecular weight excluding hydrogens is 250 g/mol. The highest BCUT2D eigenvalue weighted by atomic mass is 16.1. The molecule has 1 aromatic heterocycles. The minimum atomic E-state index is -0.0837. The topological polar surface area (TPSA) is 68.0 Å². The van der Waals surface area contributed by atoms with E-state index in [2.05, 4.69) is 24.1 Å². The van der Waals surface area contributed by atoms with Crippen molar-refractivity contribution >= 4 is 17.3 Å². The average molecular weight is 269 g/mol. The lowest BCUT2D eigenvalue weighted by Gasteiger charge is -2.08. The molecule has 0 spiro atoms. The molecule has 1 aromatic carbocycles. The summed E-state index contributed by atoms with van der Waals surface area (Å²) >= 11 is 0. The molecule has 20 heavy (non-hydrogen) atoms. The van der Waals surface area contributed by atoms with Gasteiger partial charge in [0.1, 0.15) is 0 Å². The predicted molar refractivity (Wildman–Crippen MR) is 81.5 cm³/mol. The second-order valence-electron chi connectivity index (χ2n) is 5.08. The van der Waals surface area contributed by atoms with E-state index in [1.165, 1.54) is 5.56 Å². The Labute approximate surface area is 119 Å². The van der Waals surface area contributed by atoms with Crippen molar-refractivity contribution in [2.24, 2.45) is 0 Å². The fourth-order valence-electron chi connectivity index (χ4n) is 1.86. The van der Waals surface area contributed by atoms with Gasteiger partial charge in [-0.2, -0.15) is 0 Å². The molecule has 0 aliphatic carbocycles. The lowest BCUT2D eigenvalue weighted by Crippen LogP contribution is -2.15. The summed E-state index contributed by atoms with van der Waals surface area (Å²) in [5.41, 5.74) is 8.91. The van der Waals surface area contributed by atoms with E-state index in [4.69, 9.17) is 5.73 Å². The molecule has 4 heteroatoms. The van der Waals surface area contributed by atoms with Crippen LogP contribution in [-0.4, -0.2) is 10.9 Å². The van der Waals surface area contributed by atoms with Crippen molar-refractivity contribution in [1.82, 2.24) is 4.98 Å². The van der Waals surface area contributed by atoms with Gasteiger partial charge in [0.2, 0.25) is 5.91 Å². The Hall–Kier alpha value is -2.36. The largest absolute Gasteiger partial charge is 0.397 e. The third-order valence-corrected chi connectivity index (χ3v) is 3.05. The number of aromatic nitrogens is 1. The number of pyridine rings is 1. The quantitative estimate of drug-likeness (QED) is 0.896. The summed E-state index contributed by atoms with van der Waals surface area (Å²) in [6, 6.07) is 11.4. The number of carbonyl (C=O) groups excluding carboxylic acids is 1. The third kappa shape index (κ3) is 3.82. The first-order valence-corrected chi connectivity index (χ1v) is 6.65. The van der Waals surface area contributed by atoms with E-state index in [-0.39, 0.29) is 12.3 Å². The summed E-state index contributed by atoms with van der Waals surface area (Å²) in [6.07, 6.45) is 1.80. The molecule has 3 N–H and O–H groups in total. The number of benzene rings is 1. The van der Waals surface area contributed by atoms with Crippen LogP contribution in [0.25, 0.3) is 0 Å². The minimum absolute atomic E-state index is 0.0837. The summed E-state index contributed by atoms with van der Waals surface area (Å²) in [5.74, 6) is 0.401. The average Bonchev–Trinajstić information content (AvgIpc) is 2.42. The van der Waals surface area contributed by atoms with Crippen LogP contribution >= 0.6 is 0 Å². The van der Waals surface area contributed by atoms with Crippen LogP contribution in [0.3, 0.4) is 0 Å². The van der Waals surface area contributed by atoms with Gasteiger partial charge >= 0.3 is 0 Å². The van der Waals surface area contributed by atoms with E-state index in [1.807, 2.05) is 24.3 Å². The minimum Gasteiger partial charge on any atom is -0.397 e. The van der Waals surface area contributed by atoms with Crippen molar-refractivity contribution in [3.05, 3.63) is 53.9 Å². The molecule has 0 saturated carbocycles. The monoisotopic (exact) mass is 269 g/mol. The Kier molecular flexibility index (Phi) is 4.35. The SMILES string of the molecule is CC(C)c1ccc(NC(=O)Cc2ccc(N)cn2)cc1. The number of hydrogen-bond acceptors (Lipinski definition) is 3. The van der Waals surface area contributed by atoms with Crippen LogP contribution in [0.2, 0.25) is 0 Å². The van der Waals surface area contributed by atoms with Gasteiger partial charge in [-0.05, 0) is 35.7 Å². The summed E-state index contributed by atoms with van der Waals surface area (Å²) in [7, 11) is 0. The maximum Gasteiger partial charge on any atom is 0.230 e. The Morgan fingerprint density at radius 3 is 2.45 bits per heavy atom. The molecule has 1 amide bonds. The number of rotatable bonds is 4. The molecule has 0 bridgehead atoms. The number of nitrogens with zero attached hydrogens (tertiary/aromatic N) is 1. The predicted octanol–water partition coefficient (Wildman–Crippen LogP) is 2.97.